The SMILES string of the molecule is CC1(C)Oc2c(c(C(O)(c3c4c(c(C(=O)N(CCO)CCO)c5c3SC(C)(C)O5)OC(C)(C)S4)c3c4c(c(C(=O)N(CCO)CCO)c5c3SC(C)(C)O5)OC(C)(C)S4)c3c(c2C(=O)N(CCO)CCO)OC(C)(C)S3)S1. The molecule has 0 atom stereocenters. The van der Waals surface area contributed by atoms with E-state index < -0.39 is 92.6 Å². The van der Waals surface area contributed by atoms with E-state index in [0.717, 1.165) is 0 Å². The van der Waals surface area contributed by atoms with Crippen molar-refractivity contribution in [1.82, 2.24) is 14.7 Å². The van der Waals surface area contributed by atoms with Crippen molar-refractivity contribution in [3.63, 3.8) is 0 Å². The topological polar surface area (TPSA) is 258 Å². The molecule has 422 valence electrons. The highest BCUT2D eigenvalue weighted by Gasteiger charge is 2.61. The highest BCUT2D eigenvalue weighted by molar-refractivity contribution is 8.02. The first-order valence-electron chi connectivity index (χ1n) is 25.2. The van der Waals surface area contributed by atoms with E-state index in [9.17, 15) is 30.6 Å². The molecule has 3 aromatic rings. The molecule has 0 bridgehead atoms. The number of hydrogen-bond donors (Lipinski definition) is 7. The molecule has 6 heterocycles. The summed E-state index contributed by atoms with van der Waals surface area (Å²) in [5.74, 6) is -1.34. The van der Waals surface area contributed by atoms with Crippen LogP contribution in [-0.2, 0) is 5.60 Å². The predicted octanol–water partition coefficient (Wildman–Crippen LogP) is 6.57. The highest BCUT2D eigenvalue weighted by atomic mass is 32.2. The Hall–Kier alpha value is -3.31. The summed E-state index contributed by atoms with van der Waals surface area (Å²) < 4.78 is 41.3. The third-order valence-electron chi connectivity index (χ3n) is 12.9. The standard InChI is InChI=1S/C52H67N3O16S6/c1-46(2)66-31-25(43(62)53(13-19-56)14-20-57)32-38(73-47(3,4)67-32)28(37(31)72-46)52(65,29-39-33(68-48(5,6)74-39)26(34-40(29)75-49(7,8)69-34)44(63)54(15-21-58)16-22-59)30-41-35(70-50(9,10)76-41)27(36-42(30)77-51(11,12)71-36)45(64)55(17-23-60)18-24-61/h56-61,65H,13-24H2,1-12H3. The molecule has 3 aromatic carbocycles. The van der Waals surface area contributed by atoms with E-state index in [4.69, 9.17) is 28.4 Å². The molecule has 0 spiro atoms. The summed E-state index contributed by atoms with van der Waals surface area (Å²) in [5, 5.41) is 77.2. The quantitative estimate of drug-likeness (QED) is 0.0664. The Labute approximate surface area is 473 Å². The zero-order chi connectivity index (χ0) is 56.3. The second-order valence-electron chi connectivity index (χ2n) is 21.8. The number of rotatable bonds is 18. The molecule has 9 rings (SSSR count). The minimum atomic E-state index is -2.50. The van der Waals surface area contributed by atoms with Crippen LogP contribution in [0.5, 0.6) is 34.5 Å². The number of ether oxygens (including phenoxy) is 6. The average Bonchev–Trinajstić information content (AvgIpc) is 4.13. The van der Waals surface area contributed by atoms with Crippen molar-refractivity contribution >= 4 is 88.3 Å². The van der Waals surface area contributed by atoms with E-state index in [1.165, 1.54) is 85.3 Å². The molecule has 0 unspecified atom stereocenters. The molecule has 0 radical (unpaired) electrons. The first-order valence-corrected chi connectivity index (χ1v) is 30.1. The maximum absolute atomic E-state index is 15.9. The van der Waals surface area contributed by atoms with Crippen LogP contribution in [0.4, 0.5) is 0 Å². The van der Waals surface area contributed by atoms with Gasteiger partial charge in [-0.25, -0.2) is 0 Å². The number of amides is 3. The van der Waals surface area contributed by atoms with E-state index in [-0.39, 0.29) is 107 Å². The molecular weight excluding hydrogens is 1110 g/mol. The minimum Gasteiger partial charge on any atom is -0.475 e. The predicted molar refractivity (Wildman–Crippen MR) is 295 cm³/mol. The van der Waals surface area contributed by atoms with Gasteiger partial charge >= 0.3 is 0 Å². The van der Waals surface area contributed by atoms with E-state index in [2.05, 4.69) is 0 Å². The Morgan fingerprint density at radius 3 is 0.649 bits per heavy atom. The summed E-state index contributed by atoms with van der Waals surface area (Å²) in [6.07, 6.45) is 0. The molecule has 19 nitrogen and oxygen atoms in total. The molecule has 77 heavy (non-hydrogen) atoms. The van der Waals surface area contributed by atoms with Crippen LogP contribution >= 0.6 is 70.6 Å². The smallest absolute Gasteiger partial charge is 0.261 e. The number of carbonyl (C=O) groups is 3. The van der Waals surface area contributed by atoms with Gasteiger partial charge in [0.2, 0.25) is 0 Å². The van der Waals surface area contributed by atoms with Crippen LogP contribution in [0, 0.1) is 0 Å². The number of benzene rings is 3. The van der Waals surface area contributed by atoms with Crippen molar-refractivity contribution in [2.45, 2.75) is 148 Å². The van der Waals surface area contributed by atoms with Gasteiger partial charge in [0.05, 0.1) is 69.0 Å². The minimum absolute atomic E-state index is 0.0167. The van der Waals surface area contributed by atoms with Gasteiger partial charge in [-0.3, -0.25) is 14.4 Å². The van der Waals surface area contributed by atoms with Crippen LogP contribution in [0.2, 0.25) is 0 Å². The summed E-state index contributed by atoms with van der Waals surface area (Å²) in [5.41, 5.74) is -1.78. The van der Waals surface area contributed by atoms with Gasteiger partial charge < -0.3 is 78.9 Å². The Kier molecular flexibility index (Phi) is 15.6. The second kappa shape index (κ2) is 20.6. The summed E-state index contributed by atoms with van der Waals surface area (Å²) in [7, 11) is 0. The summed E-state index contributed by atoms with van der Waals surface area (Å²) in [6, 6.07) is 0. The van der Waals surface area contributed by atoms with Crippen LogP contribution in [0.1, 0.15) is 131 Å². The summed E-state index contributed by atoms with van der Waals surface area (Å²) in [4.78, 5) is 45.0. The lowest BCUT2D eigenvalue weighted by Gasteiger charge is -2.37. The van der Waals surface area contributed by atoms with E-state index in [1.54, 1.807) is 0 Å². The maximum Gasteiger partial charge on any atom is 0.261 e. The lowest BCUT2D eigenvalue weighted by Crippen LogP contribution is -2.38. The largest absolute Gasteiger partial charge is 0.475 e. The molecule has 0 saturated heterocycles. The molecule has 6 aliphatic heterocycles. The van der Waals surface area contributed by atoms with Crippen molar-refractivity contribution in [2.75, 3.05) is 78.9 Å². The number of aliphatic hydroxyl groups excluding tert-OH is 6. The Balaban J connectivity index is 1.53. The van der Waals surface area contributed by atoms with Crippen molar-refractivity contribution in [3.8, 4) is 34.5 Å². The van der Waals surface area contributed by atoms with Crippen molar-refractivity contribution < 1.29 is 78.6 Å². The van der Waals surface area contributed by atoms with Gasteiger partial charge in [0.1, 0.15) is 22.3 Å². The summed E-state index contributed by atoms with van der Waals surface area (Å²) >= 11 is 7.57. The number of fused-ring (bicyclic) bond motifs is 6. The average molecular weight is 1180 g/mol. The first kappa shape index (κ1) is 58.3. The number of aliphatic hydroxyl groups is 7. The molecule has 6 aliphatic rings. The zero-order valence-corrected chi connectivity index (χ0v) is 50.0. The van der Waals surface area contributed by atoms with Crippen LogP contribution in [0.3, 0.4) is 0 Å². The monoisotopic (exact) mass is 1180 g/mol. The first-order chi connectivity index (χ1) is 35.9. The van der Waals surface area contributed by atoms with Crippen LogP contribution < -0.4 is 28.4 Å². The fraction of sp³-hybridized carbons (Fsp3) is 0.596. The maximum atomic E-state index is 15.9. The van der Waals surface area contributed by atoms with Gasteiger partial charge in [-0.1, -0.05) is 70.6 Å². The second-order valence-corrected chi connectivity index (χ2v) is 31.3. The number of thioether (sulfide) groups is 6. The number of carbonyl (C=O) groups excluding carboxylic acids is 3. The molecule has 7 N–H and O–H groups in total. The molecule has 0 saturated carbocycles. The third kappa shape index (κ3) is 10.2. The van der Waals surface area contributed by atoms with E-state index >= 15 is 19.5 Å². The van der Waals surface area contributed by atoms with Gasteiger partial charge in [0, 0.05) is 56.0 Å². The molecular formula is C52H67N3O16S6. The molecule has 3 amide bonds. The highest BCUT2D eigenvalue weighted by Crippen LogP contribution is 2.72. The number of nitrogens with zero attached hydrogens (tertiary/aromatic N) is 3. The fourth-order valence-electron chi connectivity index (χ4n) is 10.3. The molecule has 0 aromatic heterocycles. The van der Waals surface area contributed by atoms with Crippen LogP contribution in [0.15, 0.2) is 29.4 Å². The van der Waals surface area contributed by atoms with Crippen molar-refractivity contribution in [1.29, 1.82) is 0 Å². The lowest BCUT2D eigenvalue weighted by molar-refractivity contribution is 0.0664. The zero-order valence-electron chi connectivity index (χ0n) is 45.1. The van der Waals surface area contributed by atoms with E-state index in [1.807, 2.05) is 83.1 Å². The molecule has 0 aliphatic carbocycles. The van der Waals surface area contributed by atoms with Gasteiger partial charge in [0.25, 0.3) is 17.7 Å². The third-order valence-corrected chi connectivity index (χ3v) is 20.0. The lowest BCUT2D eigenvalue weighted by atomic mass is 9.77. The number of hydrogen-bond acceptors (Lipinski definition) is 22. The van der Waals surface area contributed by atoms with Gasteiger partial charge in [-0.15, -0.1) is 0 Å². The van der Waals surface area contributed by atoms with Crippen LogP contribution in [-0.4, -0.2) is 177 Å². The summed E-state index contributed by atoms with van der Waals surface area (Å²) in [6.45, 7) is 18.7. The van der Waals surface area contributed by atoms with Gasteiger partial charge in [-0.2, -0.15) is 0 Å². The molecule has 0 fully saturated rings. The molecule has 25 heteroatoms. The Bertz CT molecular complexity index is 2490. The van der Waals surface area contributed by atoms with Gasteiger partial charge in [-0.05, 0) is 83.1 Å². The van der Waals surface area contributed by atoms with Crippen molar-refractivity contribution in [3.05, 3.63) is 33.4 Å². The van der Waals surface area contributed by atoms with Crippen LogP contribution in [0.25, 0.3) is 0 Å². The van der Waals surface area contributed by atoms with E-state index in [0.29, 0.717) is 29.4 Å². The Morgan fingerprint density at radius 1 is 0.351 bits per heavy atom. The fourth-order valence-corrected chi connectivity index (χ4v) is 17.7. The Morgan fingerprint density at radius 2 is 0.506 bits per heavy atom. The normalized spacial score (nSPS) is 19.5. The van der Waals surface area contributed by atoms with Gasteiger partial charge in [0.15, 0.2) is 64.1 Å². The van der Waals surface area contributed by atoms with Crippen molar-refractivity contribution in [2.24, 2.45) is 0 Å².